The first kappa shape index (κ1) is 11.9. The molecule has 0 amide bonds. The Morgan fingerprint density at radius 1 is 1.39 bits per heavy atom. The van der Waals surface area contributed by atoms with Crippen LogP contribution >= 0.6 is 0 Å². The van der Waals surface area contributed by atoms with Crippen molar-refractivity contribution in [1.82, 2.24) is 0 Å². The number of fused-ring (bicyclic) bond motifs is 2. The minimum absolute atomic E-state index is 0.0461. The molecule has 3 fully saturated rings. The molecule has 0 bridgehead atoms. The van der Waals surface area contributed by atoms with Crippen LogP contribution in [0.4, 0.5) is 0 Å². The molecule has 2 saturated carbocycles. The average molecular weight is 248 g/mol. The van der Waals surface area contributed by atoms with Gasteiger partial charge in [0.05, 0.1) is 0 Å². The standard InChI is InChI=1S/C15H20O3/c1-8-6-12-10(9(2)14(17)18-12)7-15(3)11(8)4-5-13(15)16/h8,10-12H,2,4-7H2,1,3H3/t8-,10-,11-,12-,15+/m1/s1. The maximum Gasteiger partial charge on any atom is 0.334 e. The summed E-state index contributed by atoms with van der Waals surface area (Å²) in [6.07, 6.45) is 3.27. The van der Waals surface area contributed by atoms with Crippen LogP contribution in [0, 0.1) is 23.2 Å². The lowest BCUT2D eigenvalue weighted by molar-refractivity contribution is -0.139. The summed E-state index contributed by atoms with van der Waals surface area (Å²) >= 11 is 0. The minimum atomic E-state index is -0.268. The second-order valence-corrected chi connectivity index (χ2v) is 6.48. The third kappa shape index (κ3) is 1.42. The molecule has 0 radical (unpaired) electrons. The van der Waals surface area contributed by atoms with E-state index in [0.29, 0.717) is 29.6 Å². The van der Waals surface area contributed by atoms with Crippen LogP contribution in [0.5, 0.6) is 0 Å². The molecule has 0 aromatic carbocycles. The largest absolute Gasteiger partial charge is 0.458 e. The molecule has 2 aliphatic carbocycles. The van der Waals surface area contributed by atoms with Gasteiger partial charge in [0.1, 0.15) is 11.9 Å². The van der Waals surface area contributed by atoms with E-state index in [1.165, 1.54) is 0 Å². The fraction of sp³-hybridized carbons (Fsp3) is 0.733. The SMILES string of the molecule is C=C1C(=O)O[C@@H]2C[C@@H](C)[C@H]3CCC(=O)[C@@]3(C)C[C@H]12. The van der Waals surface area contributed by atoms with Crippen LogP contribution in [-0.4, -0.2) is 17.9 Å². The van der Waals surface area contributed by atoms with Gasteiger partial charge >= 0.3 is 5.97 Å². The monoisotopic (exact) mass is 248 g/mol. The average Bonchev–Trinajstić information content (AvgIpc) is 2.69. The van der Waals surface area contributed by atoms with Crippen molar-refractivity contribution >= 4 is 11.8 Å². The summed E-state index contributed by atoms with van der Waals surface area (Å²) in [6, 6.07) is 0. The van der Waals surface area contributed by atoms with Gasteiger partial charge in [0.25, 0.3) is 0 Å². The summed E-state index contributed by atoms with van der Waals surface area (Å²) in [5.41, 5.74) is 0.309. The van der Waals surface area contributed by atoms with Gasteiger partial charge in [0.2, 0.25) is 0 Å². The first-order valence-corrected chi connectivity index (χ1v) is 6.86. The maximum absolute atomic E-state index is 12.2. The Labute approximate surface area is 108 Å². The predicted molar refractivity (Wildman–Crippen MR) is 66.7 cm³/mol. The van der Waals surface area contributed by atoms with Gasteiger partial charge in [-0.15, -0.1) is 0 Å². The van der Waals surface area contributed by atoms with Crippen LogP contribution in [0.1, 0.15) is 39.5 Å². The highest BCUT2D eigenvalue weighted by molar-refractivity contribution is 5.92. The van der Waals surface area contributed by atoms with Crippen molar-refractivity contribution < 1.29 is 14.3 Å². The molecule has 3 rings (SSSR count). The van der Waals surface area contributed by atoms with E-state index in [1.807, 2.05) is 0 Å². The summed E-state index contributed by atoms with van der Waals surface area (Å²) in [4.78, 5) is 23.9. The summed E-state index contributed by atoms with van der Waals surface area (Å²) < 4.78 is 5.42. The Kier molecular flexibility index (Phi) is 2.45. The quantitative estimate of drug-likeness (QED) is 0.488. The van der Waals surface area contributed by atoms with Crippen LogP contribution in [-0.2, 0) is 14.3 Å². The molecule has 0 aromatic rings. The van der Waals surface area contributed by atoms with E-state index < -0.39 is 0 Å². The summed E-state index contributed by atoms with van der Waals surface area (Å²) in [5, 5.41) is 0. The third-order valence-electron chi connectivity index (χ3n) is 5.49. The lowest BCUT2D eigenvalue weighted by atomic mass is 9.70. The Morgan fingerprint density at radius 2 is 2.11 bits per heavy atom. The van der Waals surface area contributed by atoms with Gasteiger partial charge in [0.15, 0.2) is 0 Å². The predicted octanol–water partition coefficient (Wildman–Crippen LogP) is 2.50. The van der Waals surface area contributed by atoms with Gasteiger partial charge in [-0.1, -0.05) is 20.4 Å². The molecule has 0 unspecified atom stereocenters. The van der Waals surface area contributed by atoms with Gasteiger partial charge in [-0.2, -0.15) is 0 Å². The summed E-state index contributed by atoms with van der Waals surface area (Å²) in [7, 11) is 0. The molecule has 1 aliphatic heterocycles. The molecule has 1 saturated heterocycles. The van der Waals surface area contributed by atoms with Gasteiger partial charge in [-0.25, -0.2) is 4.79 Å². The molecule has 18 heavy (non-hydrogen) atoms. The number of rotatable bonds is 0. The van der Waals surface area contributed by atoms with E-state index in [4.69, 9.17) is 4.74 Å². The molecule has 3 nitrogen and oxygen atoms in total. The van der Waals surface area contributed by atoms with Crippen molar-refractivity contribution in [1.29, 1.82) is 0 Å². The maximum atomic E-state index is 12.2. The molecular weight excluding hydrogens is 228 g/mol. The van der Waals surface area contributed by atoms with Gasteiger partial charge in [0, 0.05) is 23.3 Å². The molecule has 0 spiro atoms. The van der Waals surface area contributed by atoms with Crippen LogP contribution in [0.15, 0.2) is 12.2 Å². The molecule has 0 N–H and O–H groups in total. The Hall–Kier alpha value is -1.12. The topological polar surface area (TPSA) is 43.4 Å². The Bertz CT molecular complexity index is 439. The fourth-order valence-corrected chi connectivity index (χ4v) is 4.40. The molecule has 1 heterocycles. The normalized spacial score (nSPS) is 47.6. The number of Topliss-reactive ketones (excluding diaryl/α,β-unsaturated/α-hetero) is 1. The van der Waals surface area contributed by atoms with Crippen LogP contribution in [0.2, 0.25) is 0 Å². The van der Waals surface area contributed by atoms with Crippen molar-refractivity contribution in [2.75, 3.05) is 0 Å². The highest BCUT2D eigenvalue weighted by Gasteiger charge is 2.55. The van der Waals surface area contributed by atoms with E-state index in [2.05, 4.69) is 20.4 Å². The lowest BCUT2D eigenvalue weighted by Crippen LogP contribution is -2.32. The van der Waals surface area contributed by atoms with Crippen molar-refractivity contribution in [3.63, 3.8) is 0 Å². The molecule has 3 aliphatic rings. The number of esters is 1. The van der Waals surface area contributed by atoms with Gasteiger partial charge < -0.3 is 4.74 Å². The number of carbonyl (C=O) groups is 2. The number of ketones is 1. The minimum Gasteiger partial charge on any atom is -0.458 e. The van der Waals surface area contributed by atoms with Crippen LogP contribution in [0.25, 0.3) is 0 Å². The van der Waals surface area contributed by atoms with Crippen molar-refractivity contribution in [2.24, 2.45) is 23.2 Å². The van der Waals surface area contributed by atoms with Crippen molar-refractivity contribution in [2.45, 2.75) is 45.6 Å². The van der Waals surface area contributed by atoms with Crippen molar-refractivity contribution in [3.8, 4) is 0 Å². The first-order chi connectivity index (χ1) is 8.43. The molecular formula is C15H20O3. The van der Waals surface area contributed by atoms with E-state index in [0.717, 1.165) is 19.3 Å². The zero-order valence-electron chi connectivity index (χ0n) is 11.1. The lowest BCUT2D eigenvalue weighted by Gasteiger charge is -2.32. The number of hydrogen-bond acceptors (Lipinski definition) is 3. The number of carbonyl (C=O) groups excluding carboxylic acids is 2. The van der Waals surface area contributed by atoms with Gasteiger partial charge in [-0.05, 0) is 31.1 Å². The van der Waals surface area contributed by atoms with E-state index in [-0.39, 0.29) is 23.4 Å². The second kappa shape index (κ2) is 3.69. The number of ether oxygens (including phenoxy) is 1. The Balaban J connectivity index is 1.98. The highest BCUT2D eigenvalue weighted by atomic mass is 16.6. The zero-order valence-corrected chi connectivity index (χ0v) is 11.1. The molecule has 5 atom stereocenters. The van der Waals surface area contributed by atoms with E-state index >= 15 is 0 Å². The highest BCUT2D eigenvalue weighted by Crippen LogP contribution is 2.55. The van der Waals surface area contributed by atoms with E-state index in [9.17, 15) is 9.59 Å². The second-order valence-electron chi connectivity index (χ2n) is 6.48. The fourth-order valence-electron chi connectivity index (χ4n) is 4.40. The van der Waals surface area contributed by atoms with Gasteiger partial charge in [-0.3, -0.25) is 4.79 Å². The van der Waals surface area contributed by atoms with E-state index in [1.54, 1.807) is 0 Å². The molecule has 0 aromatic heterocycles. The third-order valence-corrected chi connectivity index (χ3v) is 5.49. The summed E-state index contributed by atoms with van der Waals surface area (Å²) in [5.74, 6) is 1.05. The summed E-state index contributed by atoms with van der Waals surface area (Å²) in [6.45, 7) is 8.15. The van der Waals surface area contributed by atoms with Crippen LogP contribution in [0.3, 0.4) is 0 Å². The smallest absolute Gasteiger partial charge is 0.334 e. The number of hydrogen-bond donors (Lipinski definition) is 0. The zero-order chi connectivity index (χ0) is 13.1. The first-order valence-electron chi connectivity index (χ1n) is 6.86. The molecule has 3 heteroatoms. The van der Waals surface area contributed by atoms with Crippen LogP contribution < -0.4 is 0 Å². The Morgan fingerprint density at radius 3 is 2.83 bits per heavy atom. The van der Waals surface area contributed by atoms with Crippen molar-refractivity contribution in [3.05, 3.63) is 12.2 Å². The molecule has 98 valence electrons.